The van der Waals surface area contributed by atoms with E-state index in [1.807, 2.05) is 0 Å². The molecule has 0 radical (unpaired) electrons. The minimum atomic E-state index is -0.523. The van der Waals surface area contributed by atoms with Crippen LogP contribution in [-0.2, 0) is 0 Å². The number of benzene rings is 1. The Bertz CT molecular complexity index is 457. The van der Waals surface area contributed by atoms with Crippen LogP contribution in [0.3, 0.4) is 0 Å². The third-order valence-corrected chi connectivity index (χ3v) is 3.01. The van der Waals surface area contributed by atoms with E-state index in [0.29, 0.717) is 11.5 Å². The molecule has 0 bridgehead atoms. The molecule has 1 aliphatic rings. The lowest BCUT2D eigenvalue weighted by atomic mass is 10.0. The second-order valence-corrected chi connectivity index (χ2v) is 4.21. The average Bonchev–Trinajstić information content (AvgIpc) is 3.12. The molecule has 17 heavy (non-hydrogen) atoms. The molecule has 6 heteroatoms. The zero-order valence-corrected chi connectivity index (χ0v) is 9.42. The predicted molar refractivity (Wildman–Crippen MR) is 61.0 cm³/mol. The summed E-state index contributed by atoms with van der Waals surface area (Å²) in [5, 5.41) is 20.7. The number of phenols is 1. The minimum absolute atomic E-state index is 0.0882. The molecule has 0 unspecified atom stereocenters. The lowest BCUT2D eigenvalue weighted by Crippen LogP contribution is -2.13. The number of phenolic OH excluding ortho intramolecular Hbond substituents is 1. The first-order chi connectivity index (χ1) is 8.04. The van der Waals surface area contributed by atoms with Gasteiger partial charge in [-0.15, -0.1) is 0 Å². The third-order valence-electron chi connectivity index (χ3n) is 3.01. The first-order valence-electron chi connectivity index (χ1n) is 5.35. The summed E-state index contributed by atoms with van der Waals surface area (Å²) in [6.07, 6.45) is 1.98. The van der Waals surface area contributed by atoms with E-state index < -0.39 is 4.92 Å². The Morgan fingerprint density at radius 1 is 1.59 bits per heavy atom. The molecule has 1 saturated carbocycles. The van der Waals surface area contributed by atoms with Crippen LogP contribution in [0.5, 0.6) is 11.5 Å². The summed E-state index contributed by atoms with van der Waals surface area (Å²) in [5.74, 6) is 0.287. The smallest absolute Gasteiger partial charge is 0.273 e. The number of methoxy groups -OCH3 is 1. The van der Waals surface area contributed by atoms with Gasteiger partial charge >= 0.3 is 0 Å². The Balaban J connectivity index is 2.47. The van der Waals surface area contributed by atoms with Crippen molar-refractivity contribution >= 4 is 5.69 Å². The summed E-state index contributed by atoms with van der Waals surface area (Å²) in [6.45, 7) is 0. The van der Waals surface area contributed by atoms with Gasteiger partial charge in [-0.1, -0.05) is 0 Å². The minimum Gasteiger partial charge on any atom is -0.504 e. The van der Waals surface area contributed by atoms with Crippen molar-refractivity contribution in [3.8, 4) is 11.5 Å². The maximum atomic E-state index is 10.8. The van der Waals surface area contributed by atoms with Crippen LogP contribution < -0.4 is 10.5 Å². The average molecular weight is 238 g/mol. The number of ether oxygens (including phenoxy) is 1. The van der Waals surface area contributed by atoms with Gasteiger partial charge in [-0.25, -0.2) is 0 Å². The van der Waals surface area contributed by atoms with Crippen molar-refractivity contribution in [3.63, 3.8) is 0 Å². The molecule has 0 aliphatic heterocycles. The molecule has 0 heterocycles. The molecular formula is C11H14N2O4. The summed E-state index contributed by atoms with van der Waals surface area (Å²) >= 11 is 0. The molecule has 0 amide bonds. The summed E-state index contributed by atoms with van der Waals surface area (Å²) in [6, 6.07) is 2.14. The van der Waals surface area contributed by atoms with Gasteiger partial charge < -0.3 is 15.6 Å². The Morgan fingerprint density at radius 3 is 2.71 bits per heavy atom. The van der Waals surface area contributed by atoms with E-state index in [-0.39, 0.29) is 23.2 Å². The van der Waals surface area contributed by atoms with Gasteiger partial charge in [0.1, 0.15) is 0 Å². The summed E-state index contributed by atoms with van der Waals surface area (Å²) in [4.78, 5) is 10.2. The van der Waals surface area contributed by atoms with E-state index in [0.717, 1.165) is 12.8 Å². The number of non-ortho nitro benzene ring substituents is 1. The number of rotatable bonds is 4. The highest BCUT2D eigenvalue weighted by Crippen LogP contribution is 2.45. The van der Waals surface area contributed by atoms with Crippen LogP contribution in [0, 0.1) is 16.0 Å². The third kappa shape index (κ3) is 2.16. The quantitative estimate of drug-likeness (QED) is 0.614. The SMILES string of the molecule is COc1cc([N+](=O)[O-])cc([C@@H](N)C2CC2)c1O. The van der Waals surface area contributed by atoms with Crippen molar-refractivity contribution in [2.45, 2.75) is 18.9 Å². The number of hydrogen-bond donors (Lipinski definition) is 2. The molecular weight excluding hydrogens is 224 g/mol. The predicted octanol–water partition coefficient (Wildman–Crippen LogP) is 1.72. The van der Waals surface area contributed by atoms with Crippen LogP contribution in [0.4, 0.5) is 5.69 Å². The van der Waals surface area contributed by atoms with Gasteiger partial charge in [0.15, 0.2) is 11.5 Å². The molecule has 0 aromatic heterocycles. The molecule has 6 nitrogen and oxygen atoms in total. The van der Waals surface area contributed by atoms with Crippen LogP contribution in [-0.4, -0.2) is 17.1 Å². The molecule has 1 aliphatic carbocycles. The fraction of sp³-hybridized carbons (Fsp3) is 0.455. The first kappa shape index (κ1) is 11.7. The Kier molecular flexibility index (Phi) is 2.89. The molecule has 1 aromatic rings. The number of aromatic hydroxyl groups is 1. The number of nitrogens with zero attached hydrogens (tertiary/aromatic N) is 1. The summed E-state index contributed by atoms with van der Waals surface area (Å²) < 4.78 is 4.92. The van der Waals surface area contributed by atoms with Gasteiger partial charge in [0.2, 0.25) is 0 Å². The van der Waals surface area contributed by atoms with Gasteiger partial charge in [0.25, 0.3) is 5.69 Å². The normalized spacial score (nSPS) is 16.6. The maximum absolute atomic E-state index is 10.8. The summed E-state index contributed by atoms with van der Waals surface area (Å²) in [5.41, 5.74) is 6.22. The molecule has 1 aromatic carbocycles. The zero-order chi connectivity index (χ0) is 12.6. The van der Waals surface area contributed by atoms with Crippen LogP contribution in [0.1, 0.15) is 24.4 Å². The highest BCUT2D eigenvalue weighted by Gasteiger charge is 2.33. The second-order valence-electron chi connectivity index (χ2n) is 4.21. The number of nitro groups is 1. The van der Waals surface area contributed by atoms with Gasteiger partial charge in [-0.2, -0.15) is 0 Å². The van der Waals surface area contributed by atoms with E-state index in [1.54, 1.807) is 0 Å². The van der Waals surface area contributed by atoms with Gasteiger partial charge in [-0.3, -0.25) is 10.1 Å². The molecule has 1 fully saturated rings. The fourth-order valence-electron chi connectivity index (χ4n) is 1.84. The van der Waals surface area contributed by atoms with E-state index >= 15 is 0 Å². The van der Waals surface area contributed by atoms with Crippen molar-refractivity contribution in [2.24, 2.45) is 11.7 Å². The lowest BCUT2D eigenvalue weighted by Gasteiger charge is -2.14. The lowest BCUT2D eigenvalue weighted by molar-refractivity contribution is -0.385. The van der Waals surface area contributed by atoms with Crippen LogP contribution in [0.15, 0.2) is 12.1 Å². The second kappa shape index (κ2) is 4.21. The molecule has 3 N–H and O–H groups in total. The van der Waals surface area contributed by atoms with Crippen molar-refractivity contribution < 1.29 is 14.8 Å². The molecule has 0 saturated heterocycles. The Morgan fingerprint density at radius 2 is 2.24 bits per heavy atom. The largest absolute Gasteiger partial charge is 0.504 e. The maximum Gasteiger partial charge on any atom is 0.273 e. The number of nitro benzene ring substituents is 1. The molecule has 0 spiro atoms. The highest BCUT2D eigenvalue weighted by atomic mass is 16.6. The van der Waals surface area contributed by atoms with E-state index in [1.165, 1.54) is 19.2 Å². The number of hydrogen-bond acceptors (Lipinski definition) is 5. The molecule has 2 rings (SSSR count). The van der Waals surface area contributed by atoms with E-state index in [4.69, 9.17) is 10.5 Å². The van der Waals surface area contributed by atoms with Crippen molar-refractivity contribution in [2.75, 3.05) is 7.11 Å². The number of nitrogens with two attached hydrogens (primary N) is 1. The zero-order valence-electron chi connectivity index (χ0n) is 9.42. The first-order valence-corrected chi connectivity index (χ1v) is 5.35. The molecule has 92 valence electrons. The van der Waals surface area contributed by atoms with Gasteiger partial charge in [0, 0.05) is 17.7 Å². The summed E-state index contributed by atoms with van der Waals surface area (Å²) in [7, 11) is 1.35. The Labute approximate surface area is 98.2 Å². The van der Waals surface area contributed by atoms with E-state index in [2.05, 4.69) is 0 Å². The fourth-order valence-corrected chi connectivity index (χ4v) is 1.84. The van der Waals surface area contributed by atoms with Crippen LogP contribution in [0.25, 0.3) is 0 Å². The van der Waals surface area contributed by atoms with Crippen molar-refractivity contribution in [3.05, 3.63) is 27.8 Å². The van der Waals surface area contributed by atoms with Gasteiger partial charge in [-0.05, 0) is 18.8 Å². The highest BCUT2D eigenvalue weighted by molar-refractivity contribution is 5.54. The van der Waals surface area contributed by atoms with Gasteiger partial charge in [0.05, 0.1) is 18.1 Å². The molecule has 1 atom stereocenters. The Hall–Kier alpha value is -1.82. The topological polar surface area (TPSA) is 98.6 Å². The standard InChI is InChI=1S/C11H14N2O4/c1-17-9-5-7(13(15)16)4-8(11(9)14)10(12)6-2-3-6/h4-6,10,14H,2-3,12H2,1H3/t10-/m0/s1. The van der Waals surface area contributed by atoms with E-state index in [9.17, 15) is 15.2 Å². The van der Waals surface area contributed by atoms with Crippen LogP contribution in [0.2, 0.25) is 0 Å². The van der Waals surface area contributed by atoms with Crippen molar-refractivity contribution in [1.29, 1.82) is 0 Å². The van der Waals surface area contributed by atoms with Crippen LogP contribution >= 0.6 is 0 Å². The monoisotopic (exact) mass is 238 g/mol. The van der Waals surface area contributed by atoms with Crippen molar-refractivity contribution in [1.82, 2.24) is 0 Å².